The molecule has 3 heteroatoms. The molecule has 0 heterocycles. The predicted octanol–water partition coefficient (Wildman–Crippen LogP) is 5.22. The largest absolute Gasteiger partial charge is 0.289 e. The van der Waals surface area contributed by atoms with Crippen molar-refractivity contribution < 1.29 is 9.18 Å². The summed E-state index contributed by atoms with van der Waals surface area (Å²) in [6, 6.07) is 11.7. The van der Waals surface area contributed by atoms with Crippen LogP contribution in [0.3, 0.4) is 0 Å². The quantitative estimate of drug-likeness (QED) is 0.705. The molecular formula is C17H16ClFO. The van der Waals surface area contributed by atoms with Gasteiger partial charge >= 0.3 is 0 Å². The Bertz CT molecular complexity index is 619. The highest BCUT2D eigenvalue weighted by atomic mass is 35.5. The summed E-state index contributed by atoms with van der Waals surface area (Å²) in [5, 5.41) is -0.122. The van der Waals surface area contributed by atoms with Crippen LogP contribution in [0.1, 0.15) is 47.7 Å². The van der Waals surface area contributed by atoms with Crippen molar-refractivity contribution in [3.8, 4) is 0 Å². The van der Waals surface area contributed by atoms with Gasteiger partial charge in [0.15, 0.2) is 5.78 Å². The fraction of sp³-hybridized carbons (Fsp3) is 0.235. The van der Waals surface area contributed by atoms with Crippen molar-refractivity contribution in [3.63, 3.8) is 0 Å². The Morgan fingerprint density at radius 1 is 1.20 bits per heavy atom. The molecule has 2 aromatic rings. The SMILES string of the molecule is CCC(C)c1ccc(C(=O)c2cccc(F)c2Cl)cc1. The van der Waals surface area contributed by atoms with E-state index >= 15 is 0 Å². The summed E-state index contributed by atoms with van der Waals surface area (Å²) < 4.78 is 13.4. The molecule has 2 aromatic carbocycles. The average molecular weight is 291 g/mol. The molecule has 0 radical (unpaired) electrons. The molecule has 104 valence electrons. The van der Waals surface area contributed by atoms with E-state index in [1.165, 1.54) is 23.8 Å². The van der Waals surface area contributed by atoms with Crippen LogP contribution in [0.15, 0.2) is 42.5 Å². The molecule has 0 aliphatic rings. The van der Waals surface area contributed by atoms with Gasteiger partial charge in [0.25, 0.3) is 0 Å². The van der Waals surface area contributed by atoms with Gasteiger partial charge in [-0.05, 0) is 30.0 Å². The molecule has 0 aromatic heterocycles. The molecule has 20 heavy (non-hydrogen) atoms. The minimum Gasteiger partial charge on any atom is -0.289 e. The molecule has 0 bridgehead atoms. The summed E-state index contributed by atoms with van der Waals surface area (Å²) >= 11 is 5.85. The van der Waals surface area contributed by atoms with Crippen LogP contribution in [0.5, 0.6) is 0 Å². The van der Waals surface area contributed by atoms with E-state index in [9.17, 15) is 9.18 Å². The van der Waals surface area contributed by atoms with Gasteiger partial charge in [0.2, 0.25) is 0 Å². The van der Waals surface area contributed by atoms with Crippen molar-refractivity contribution in [1.82, 2.24) is 0 Å². The maximum atomic E-state index is 13.4. The molecule has 0 aliphatic carbocycles. The summed E-state index contributed by atoms with van der Waals surface area (Å²) in [5.41, 5.74) is 1.90. The second-order valence-corrected chi connectivity index (χ2v) is 5.24. The van der Waals surface area contributed by atoms with E-state index in [0.717, 1.165) is 6.42 Å². The number of rotatable bonds is 4. The standard InChI is InChI=1S/C17H16ClFO/c1-3-11(2)12-7-9-13(10-8-12)17(20)14-5-4-6-15(19)16(14)18/h4-11H,3H2,1-2H3. The summed E-state index contributed by atoms with van der Waals surface area (Å²) in [6.45, 7) is 4.26. The zero-order valence-corrected chi connectivity index (χ0v) is 12.2. The zero-order chi connectivity index (χ0) is 14.7. The summed E-state index contributed by atoms with van der Waals surface area (Å²) in [6.07, 6.45) is 1.04. The van der Waals surface area contributed by atoms with Gasteiger partial charge < -0.3 is 0 Å². The van der Waals surface area contributed by atoms with E-state index in [1.54, 1.807) is 12.1 Å². The number of carbonyl (C=O) groups is 1. The Morgan fingerprint density at radius 3 is 2.45 bits per heavy atom. The summed E-state index contributed by atoms with van der Waals surface area (Å²) in [4.78, 5) is 12.3. The molecule has 1 nitrogen and oxygen atoms in total. The molecule has 0 saturated carbocycles. The number of carbonyl (C=O) groups excluding carboxylic acids is 1. The van der Waals surface area contributed by atoms with Crippen LogP contribution in [0.4, 0.5) is 4.39 Å². The van der Waals surface area contributed by atoms with E-state index in [0.29, 0.717) is 11.5 Å². The highest BCUT2D eigenvalue weighted by Gasteiger charge is 2.15. The smallest absolute Gasteiger partial charge is 0.194 e. The van der Waals surface area contributed by atoms with Gasteiger partial charge in [-0.25, -0.2) is 4.39 Å². The maximum Gasteiger partial charge on any atom is 0.194 e. The first-order valence-corrected chi connectivity index (χ1v) is 7.01. The number of benzene rings is 2. The van der Waals surface area contributed by atoms with Crippen molar-refractivity contribution in [1.29, 1.82) is 0 Å². The average Bonchev–Trinajstić information content (AvgIpc) is 2.48. The van der Waals surface area contributed by atoms with E-state index in [4.69, 9.17) is 11.6 Å². The van der Waals surface area contributed by atoms with E-state index in [-0.39, 0.29) is 16.4 Å². The van der Waals surface area contributed by atoms with Crippen LogP contribution in [-0.2, 0) is 0 Å². The van der Waals surface area contributed by atoms with Crippen LogP contribution < -0.4 is 0 Å². The van der Waals surface area contributed by atoms with Gasteiger partial charge in [-0.1, -0.05) is 55.8 Å². The molecule has 0 N–H and O–H groups in total. The first-order chi connectivity index (χ1) is 9.54. The Kier molecular flexibility index (Phi) is 4.56. The highest BCUT2D eigenvalue weighted by molar-refractivity contribution is 6.35. The molecule has 2 rings (SSSR count). The molecule has 0 saturated heterocycles. The summed E-state index contributed by atoms with van der Waals surface area (Å²) in [5.74, 6) is -0.379. The minimum atomic E-state index is -0.575. The third kappa shape index (κ3) is 2.91. The molecule has 0 aliphatic heterocycles. The van der Waals surface area contributed by atoms with Crippen LogP contribution >= 0.6 is 11.6 Å². The van der Waals surface area contributed by atoms with Crippen LogP contribution in [0.25, 0.3) is 0 Å². The molecule has 0 spiro atoms. The van der Waals surface area contributed by atoms with Crippen LogP contribution in [-0.4, -0.2) is 5.78 Å². The monoisotopic (exact) mass is 290 g/mol. The normalized spacial score (nSPS) is 12.2. The minimum absolute atomic E-state index is 0.122. The lowest BCUT2D eigenvalue weighted by molar-refractivity contribution is 0.103. The van der Waals surface area contributed by atoms with Gasteiger partial charge in [-0.2, -0.15) is 0 Å². The first kappa shape index (κ1) is 14.7. The molecular weight excluding hydrogens is 275 g/mol. The Labute approximate surface area is 123 Å². The van der Waals surface area contributed by atoms with Gasteiger partial charge in [-0.3, -0.25) is 4.79 Å². The van der Waals surface area contributed by atoms with E-state index in [1.807, 2.05) is 12.1 Å². The lowest BCUT2D eigenvalue weighted by Crippen LogP contribution is -2.03. The number of ketones is 1. The second kappa shape index (κ2) is 6.19. The fourth-order valence-electron chi connectivity index (χ4n) is 2.03. The van der Waals surface area contributed by atoms with Crippen LogP contribution in [0, 0.1) is 5.82 Å². The van der Waals surface area contributed by atoms with Gasteiger partial charge in [0, 0.05) is 11.1 Å². The van der Waals surface area contributed by atoms with Gasteiger partial charge in [-0.15, -0.1) is 0 Å². The van der Waals surface area contributed by atoms with Crippen molar-refractivity contribution >= 4 is 17.4 Å². The van der Waals surface area contributed by atoms with Gasteiger partial charge in [0.05, 0.1) is 5.02 Å². The second-order valence-electron chi connectivity index (χ2n) is 4.86. The third-order valence-electron chi connectivity index (χ3n) is 3.55. The van der Waals surface area contributed by atoms with Crippen molar-refractivity contribution in [2.24, 2.45) is 0 Å². The number of hydrogen-bond acceptors (Lipinski definition) is 1. The molecule has 1 unspecified atom stereocenters. The topological polar surface area (TPSA) is 17.1 Å². The molecule has 0 fully saturated rings. The lowest BCUT2D eigenvalue weighted by Gasteiger charge is -2.10. The Hall–Kier alpha value is -1.67. The lowest BCUT2D eigenvalue weighted by atomic mass is 9.95. The first-order valence-electron chi connectivity index (χ1n) is 6.63. The van der Waals surface area contributed by atoms with E-state index in [2.05, 4.69) is 13.8 Å². The summed E-state index contributed by atoms with van der Waals surface area (Å²) in [7, 11) is 0. The maximum absolute atomic E-state index is 13.4. The third-order valence-corrected chi connectivity index (χ3v) is 3.93. The van der Waals surface area contributed by atoms with Crippen molar-refractivity contribution in [2.75, 3.05) is 0 Å². The highest BCUT2D eigenvalue weighted by Crippen LogP contribution is 2.24. The van der Waals surface area contributed by atoms with Crippen LogP contribution in [0.2, 0.25) is 5.02 Å². The Balaban J connectivity index is 2.32. The van der Waals surface area contributed by atoms with E-state index < -0.39 is 5.82 Å². The molecule has 1 atom stereocenters. The van der Waals surface area contributed by atoms with Crippen molar-refractivity contribution in [3.05, 3.63) is 70.0 Å². The predicted molar refractivity (Wildman–Crippen MR) is 80.0 cm³/mol. The van der Waals surface area contributed by atoms with Gasteiger partial charge in [0.1, 0.15) is 5.82 Å². The molecule has 0 amide bonds. The van der Waals surface area contributed by atoms with Crippen molar-refractivity contribution in [2.45, 2.75) is 26.2 Å². The number of halogens is 2. The Morgan fingerprint density at radius 2 is 1.85 bits per heavy atom. The fourth-order valence-corrected chi connectivity index (χ4v) is 2.25. The number of hydrogen-bond donors (Lipinski definition) is 0. The zero-order valence-electron chi connectivity index (χ0n) is 11.5.